The molecular formula is C25H23F3N2O7. The molecule has 0 saturated heterocycles. The molecule has 0 spiro atoms. The number of methoxy groups -OCH3 is 1. The second-order valence-corrected chi connectivity index (χ2v) is 8.26. The average molecular weight is 520 g/mol. The highest BCUT2D eigenvalue weighted by atomic mass is 19.4. The summed E-state index contributed by atoms with van der Waals surface area (Å²) in [6.07, 6.45) is -8.12. The van der Waals surface area contributed by atoms with Crippen LogP contribution in [0.3, 0.4) is 0 Å². The molecule has 0 bridgehead atoms. The van der Waals surface area contributed by atoms with E-state index in [1.54, 1.807) is 24.3 Å². The predicted octanol–water partition coefficient (Wildman–Crippen LogP) is 3.53. The fourth-order valence-corrected chi connectivity index (χ4v) is 3.85. The van der Waals surface area contributed by atoms with E-state index >= 15 is 0 Å². The molecule has 3 aromatic rings. The molecule has 2 atom stereocenters. The summed E-state index contributed by atoms with van der Waals surface area (Å²) < 4.78 is 46.4. The average Bonchev–Trinajstić information content (AvgIpc) is 3.27. The Morgan fingerprint density at radius 3 is 2.27 bits per heavy atom. The number of nitrogens with zero attached hydrogens (tertiary/aromatic N) is 2. The number of aliphatic carboxylic acids is 1. The van der Waals surface area contributed by atoms with E-state index in [0.717, 1.165) is 22.9 Å². The van der Waals surface area contributed by atoms with E-state index < -0.39 is 54.3 Å². The van der Waals surface area contributed by atoms with Gasteiger partial charge in [-0.05, 0) is 35.7 Å². The van der Waals surface area contributed by atoms with Crippen LogP contribution in [0.2, 0.25) is 0 Å². The molecule has 9 nitrogen and oxygen atoms in total. The number of carbonyl (C=O) groups is 3. The molecule has 0 aliphatic rings. The van der Waals surface area contributed by atoms with Gasteiger partial charge >= 0.3 is 18.1 Å². The first-order valence-corrected chi connectivity index (χ1v) is 10.9. The Hall–Kier alpha value is -4.19. The topological polar surface area (TPSA) is 139 Å². The minimum atomic E-state index is -4.73. The van der Waals surface area contributed by atoms with E-state index in [-0.39, 0.29) is 23.5 Å². The van der Waals surface area contributed by atoms with Crippen molar-refractivity contribution in [3.05, 3.63) is 82.7 Å². The van der Waals surface area contributed by atoms with E-state index in [1.165, 1.54) is 19.2 Å². The Kier molecular flexibility index (Phi) is 8.33. The third-order valence-electron chi connectivity index (χ3n) is 5.73. The summed E-state index contributed by atoms with van der Waals surface area (Å²) in [7, 11) is 1.49. The first kappa shape index (κ1) is 27.4. The third-order valence-corrected chi connectivity index (χ3v) is 5.73. The van der Waals surface area contributed by atoms with Crippen LogP contribution in [-0.2, 0) is 23.9 Å². The quantitative estimate of drug-likeness (QED) is 0.327. The van der Waals surface area contributed by atoms with Crippen molar-refractivity contribution in [1.82, 2.24) is 9.78 Å². The number of aliphatic hydroxyl groups excluding tert-OH is 1. The van der Waals surface area contributed by atoms with Crippen molar-refractivity contribution in [2.45, 2.75) is 31.7 Å². The molecule has 12 heteroatoms. The number of carboxylic acids is 2. The van der Waals surface area contributed by atoms with Crippen molar-refractivity contribution < 1.29 is 47.6 Å². The van der Waals surface area contributed by atoms with Gasteiger partial charge in [-0.25, -0.2) is 9.59 Å². The van der Waals surface area contributed by atoms with Gasteiger partial charge in [0.1, 0.15) is 17.1 Å². The molecule has 2 aromatic carbocycles. The van der Waals surface area contributed by atoms with Crippen molar-refractivity contribution in [2.75, 3.05) is 7.11 Å². The Balaban J connectivity index is 1.88. The molecule has 0 saturated carbocycles. The number of Topliss-reactive ketones (excluding diaryl/α,β-unsaturated/α-hetero) is 1. The zero-order valence-corrected chi connectivity index (χ0v) is 19.5. The highest BCUT2D eigenvalue weighted by Gasteiger charge is 2.36. The second-order valence-electron chi connectivity index (χ2n) is 8.26. The number of aromatic carboxylic acids is 1. The summed E-state index contributed by atoms with van der Waals surface area (Å²) in [4.78, 5) is 36.1. The Labute approximate surface area is 208 Å². The number of ether oxygens (including phenoxy) is 1. The van der Waals surface area contributed by atoms with Crippen molar-refractivity contribution in [3.8, 4) is 5.75 Å². The SMILES string of the molecule is COc1ccc(Cn2nc(C(=O)C[C@H](Cc3ccccc3C(F)(F)F)[C@@H](O)C(=O)O)cc2C(=O)O)cc1. The highest BCUT2D eigenvalue weighted by Crippen LogP contribution is 2.34. The van der Waals surface area contributed by atoms with Crippen LogP contribution < -0.4 is 4.74 Å². The van der Waals surface area contributed by atoms with E-state index in [2.05, 4.69) is 5.10 Å². The summed E-state index contributed by atoms with van der Waals surface area (Å²) in [6, 6.07) is 12.1. The maximum atomic E-state index is 13.4. The lowest BCUT2D eigenvalue weighted by atomic mass is 9.87. The van der Waals surface area contributed by atoms with E-state index in [0.29, 0.717) is 11.3 Å². The maximum absolute atomic E-state index is 13.4. The van der Waals surface area contributed by atoms with Crippen LogP contribution in [-0.4, -0.2) is 56.0 Å². The van der Waals surface area contributed by atoms with Gasteiger partial charge in [0.2, 0.25) is 0 Å². The maximum Gasteiger partial charge on any atom is 0.416 e. The lowest BCUT2D eigenvalue weighted by molar-refractivity contribution is -0.149. The van der Waals surface area contributed by atoms with Gasteiger partial charge in [0.25, 0.3) is 0 Å². The molecule has 0 radical (unpaired) electrons. The molecule has 0 amide bonds. The number of hydrogen-bond acceptors (Lipinski definition) is 6. The Morgan fingerprint density at radius 1 is 1.05 bits per heavy atom. The normalized spacial score (nSPS) is 13.1. The van der Waals surface area contributed by atoms with E-state index in [4.69, 9.17) is 4.74 Å². The summed E-state index contributed by atoms with van der Waals surface area (Å²) in [5.74, 6) is -4.77. The first-order chi connectivity index (χ1) is 17.4. The monoisotopic (exact) mass is 520 g/mol. The van der Waals surface area contributed by atoms with E-state index in [9.17, 15) is 42.9 Å². The van der Waals surface area contributed by atoms with Gasteiger partial charge in [-0.2, -0.15) is 18.3 Å². The molecule has 3 N–H and O–H groups in total. The third kappa shape index (κ3) is 6.73. The van der Waals surface area contributed by atoms with Gasteiger partial charge in [-0.15, -0.1) is 0 Å². The van der Waals surface area contributed by atoms with Gasteiger partial charge in [0.15, 0.2) is 11.9 Å². The van der Waals surface area contributed by atoms with Gasteiger partial charge in [-0.1, -0.05) is 30.3 Å². The number of ketones is 1. The van der Waals surface area contributed by atoms with Crippen LogP contribution in [0.4, 0.5) is 13.2 Å². The van der Waals surface area contributed by atoms with Gasteiger partial charge in [0, 0.05) is 18.4 Å². The zero-order chi connectivity index (χ0) is 27.3. The summed E-state index contributed by atoms with van der Waals surface area (Å²) in [6.45, 7) is -0.0148. The zero-order valence-electron chi connectivity index (χ0n) is 19.5. The molecular weight excluding hydrogens is 497 g/mol. The highest BCUT2D eigenvalue weighted by molar-refractivity contribution is 5.97. The molecule has 0 aliphatic carbocycles. The standard InChI is InChI=1S/C25H23F3N2O7/c1-37-17-8-6-14(7-9-17)13-30-20(23(33)34)12-19(29-30)21(31)11-16(22(32)24(35)36)10-15-4-2-3-5-18(15)25(26,27)28/h2-9,12,16,22,32H,10-11,13H2,1H3,(H,33,34)(H,35,36)/t16-,22+/m0/s1. The molecule has 3 rings (SSSR count). The van der Waals surface area contributed by atoms with Crippen LogP contribution >= 0.6 is 0 Å². The number of benzene rings is 2. The minimum absolute atomic E-state index is 0.0148. The number of carbonyl (C=O) groups excluding carboxylic acids is 1. The van der Waals surface area contributed by atoms with E-state index in [1.807, 2.05) is 0 Å². The Bertz CT molecular complexity index is 1290. The van der Waals surface area contributed by atoms with Crippen LogP contribution in [0.15, 0.2) is 54.6 Å². The number of aromatic nitrogens is 2. The summed E-state index contributed by atoms with van der Waals surface area (Å²) in [5.41, 5.74) is -1.30. The van der Waals surface area contributed by atoms with Gasteiger partial charge in [0.05, 0.1) is 19.2 Å². The second kappa shape index (κ2) is 11.2. The number of hydrogen-bond donors (Lipinski definition) is 3. The molecule has 0 unspecified atom stereocenters. The van der Waals surface area contributed by atoms with Crippen LogP contribution in [0.5, 0.6) is 5.75 Å². The number of aliphatic hydroxyl groups is 1. The lowest BCUT2D eigenvalue weighted by Crippen LogP contribution is -2.33. The van der Waals surface area contributed by atoms with Gasteiger partial charge in [-0.3, -0.25) is 9.48 Å². The minimum Gasteiger partial charge on any atom is -0.497 e. The predicted molar refractivity (Wildman–Crippen MR) is 123 cm³/mol. The van der Waals surface area contributed by atoms with Crippen molar-refractivity contribution >= 4 is 17.7 Å². The molecule has 0 fully saturated rings. The summed E-state index contributed by atoms with van der Waals surface area (Å²) in [5, 5.41) is 33.0. The molecule has 1 heterocycles. The largest absolute Gasteiger partial charge is 0.497 e. The first-order valence-electron chi connectivity index (χ1n) is 10.9. The number of rotatable bonds is 11. The smallest absolute Gasteiger partial charge is 0.416 e. The number of halogens is 3. The molecule has 1 aromatic heterocycles. The molecule has 0 aliphatic heterocycles. The number of alkyl halides is 3. The fourth-order valence-electron chi connectivity index (χ4n) is 3.85. The summed E-state index contributed by atoms with van der Waals surface area (Å²) >= 11 is 0. The molecule has 37 heavy (non-hydrogen) atoms. The van der Waals surface area contributed by atoms with Crippen molar-refractivity contribution in [1.29, 1.82) is 0 Å². The van der Waals surface area contributed by atoms with Crippen LogP contribution in [0.25, 0.3) is 0 Å². The van der Waals surface area contributed by atoms with Crippen molar-refractivity contribution in [2.24, 2.45) is 5.92 Å². The Morgan fingerprint density at radius 2 is 1.70 bits per heavy atom. The number of carboxylic acid groups (broad SMARTS) is 2. The van der Waals surface area contributed by atoms with Gasteiger partial charge < -0.3 is 20.1 Å². The van der Waals surface area contributed by atoms with Crippen LogP contribution in [0.1, 0.15) is 44.1 Å². The lowest BCUT2D eigenvalue weighted by Gasteiger charge is -2.21. The fraction of sp³-hybridized carbons (Fsp3) is 0.280. The van der Waals surface area contributed by atoms with Crippen molar-refractivity contribution in [3.63, 3.8) is 0 Å². The molecule has 196 valence electrons. The van der Waals surface area contributed by atoms with Crippen LogP contribution in [0, 0.1) is 5.92 Å².